The third-order valence-electron chi connectivity index (χ3n) is 4.99. The molecule has 1 fully saturated rings. The third kappa shape index (κ3) is 7.51. The van der Waals surface area contributed by atoms with Crippen LogP contribution in [0.5, 0.6) is 0 Å². The summed E-state index contributed by atoms with van der Waals surface area (Å²) in [4.78, 5) is 26.4. The van der Waals surface area contributed by atoms with Gasteiger partial charge in [0, 0.05) is 31.1 Å². The molecule has 2 amide bonds. The molecule has 1 aromatic carbocycles. The summed E-state index contributed by atoms with van der Waals surface area (Å²) in [5.74, 6) is -0.363. The number of carbonyl (C=O) groups is 2. The maximum absolute atomic E-state index is 12.9. The van der Waals surface area contributed by atoms with Gasteiger partial charge in [0.25, 0.3) is 0 Å². The second-order valence-corrected chi connectivity index (χ2v) is 8.13. The van der Waals surface area contributed by atoms with Crippen LogP contribution in [-0.2, 0) is 15.8 Å². The molecule has 162 valence electrons. The highest BCUT2D eigenvalue weighted by Gasteiger charge is 2.33. The van der Waals surface area contributed by atoms with Gasteiger partial charge in [-0.2, -0.15) is 13.2 Å². The summed E-state index contributed by atoms with van der Waals surface area (Å²) < 4.78 is 38.7. The zero-order chi connectivity index (χ0) is 21.6. The maximum atomic E-state index is 12.9. The van der Waals surface area contributed by atoms with Gasteiger partial charge in [-0.15, -0.1) is 0 Å². The summed E-state index contributed by atoms with van der Waals surface area (Å²) >= 11 is 5.57. The van der Waals surface area contributed by atoms with Crippen molar-refractivity contribution in [1.29, 1.82) is 0 Å². The molecular weight excluding hydrogens is 407 g/mol. The van der Waals surface area contributed by atoms with E-state index in [1.807, 2.05) is 14.1 Å². The predicted octanol–water partition coefficient (Wildman–Crippen LogP) is 4.31. The highest BCUT2D eigenvalue weighted by atomic mass is 35.5. The molecule has 0 spiro atoms. The van der Waals surface area contributed by atoms with Crippen molar-refractivity contribution >= 4 is 29.1 Å². The van der Waals surface area contributed by atoms with Crippen molar-refractivity contribution in [3.8, 4) is 0 Å². The first-order chi connectivity index (χ1) is 13.6. The van der Waals surface area contributed by atoms with Crippen molar-refractivity contribution < 1.29 is 22.8 Å². The molecule has 1 aromatic rings. The van der Waals surface area contributed by atoms with Crippen LogP contribution in [0.15, 0.2) is 18.2 Å². The lowest BCUT2D eigenvalue weighted by molar-refractivity contribution is -0.137. The van der Waals surface area contributed by atoms with Gasteiger partial charge in [-0.1, -0.05) is 24.4 Å². The second kappa shape index (κ2) is 10.3. The number of halogens is 4. The minimum atomic E-state index is -4.61. The average molecular weight is 434 g/mol. The van der Waals surface area contributed by atoms with Crippen LogP contribution in [-0.4, -0.2) is 43.4 Å². The molecular formula is C20H27ClF3N3O2. The molecule has 0 heterocycles. The van der Waals surface area contributed by atoms with Crippen LogP contribution < -0.4 is 10.6 Å². The van der Waals surface area contributed by atoms with Gasteiger partial charge >= 0.3 is 6.18 Å². The summed E-state index contributed by atoms with van der Waals surface area (Å²) in [6.45, 7) is 0.892. The molecule has 0 aliphatic heterocycles. The van der Waals surface area contributed by atoms with Gasteiger partial charge in [0.1, 0.15) is 0 Å². The number of alkyl halides is 3. The van der Waals surface area contributed by atoms with Gasteiger partial charge in [0.2, 0.25) is 11.8 Å². The van der Waals surface area contributed by atoms with E-state index in [0.29, 0.717) is 5.92 Å². The topological polar surface area (TPSA) is 61.4 Å². The SMILES string of the molecule is CN(C)CC1CCCCC1NC(=O)CCC(=O)Nc1ccc(Cl)c(C(F)(F)F)c1. The van der Waals surface area contributed by atoms with Crippen LogP contribution in [0.25, 0.3) is 0 Å². The molecule has 0 radical (unpaired) electrons. The molecule has 0 saturated heterocycles. The minimum Gasteiger partial charge on any atom is -0.353 e. The summed E-state index contributed by atoms with van der Waals surface area (Å²) in [5, 5.41) is 4.97. The van der Waals surface area contributed by atoms with E-state index in [9.17, 15) is 22.8 Å². The Morgan fingerprint density at radius 2 is 1.79 bits per heavy atom. The largest absolute Gasteiger partial charge is 0.417 e. The van der Waals surface area contributed by atoms with E-state index in [2.05, 4.69) is 15.5 Å². The Balaban J connectivity index is 1.85. The van der Waals surface area contributed by atoms with E-state index in [4.69, 9.17) is 11.6 Å². The van der Waals surface area contributed by atoms with Gasteiger partial charge in [-0.3, -0.25) is 9.59 Å². The number of rotatable bonds is 7. The minimum absolute atomic E-state index is 0.00883. The number of carbonyl (C=O) groups excluding carboxylic acids is 2. The van der Waals surface area contributed by atoms with E-state index in [1.165, 1.54) is 6.07 Å². The highest BCUT2D eigenvalue weighted by molar-refractivity contribution is 6.31. The molecule has 0 bridgehead atoms. The van der Waals surface area contributed by atoms with Crippen molar-refractivity contribution in [2.45, 2.75) is 50.7 Å². The first-order valence-electron chi connectivity index (χ1n) is 9.67. The van der Waals surface area contributed by atoms with Gasteiger partial charge in [0.05, 0.1) is 10.6 Å². The molecule has 1 aliphatic carbocycles. The molecule has 1 saturated carbocycles. The lowest BCUT2D eigenvalue weighted by Crippen LogP contribution is -2.45. The van der Waals surface area contributed by atoms with E-state index in [0.717, 1.165) is 44.4 Å². The quantitative estimate of drug-likeness (QED) is 0.673. The summed E-state index contributed by atoms with van der Waals surface area (Å²) in [6, 6.07) is 3.26. The third-order valence-corrected chi connectivity index (χ3v) is 5.32. The molecule has 9 heteroatoms. The predicted molar refractivity (Wildman–Crippen MR) is 107 cm³/mol. The van der Waals surface area contributed by atoms with E-state index >= 15 is 0 Å². The Morgan fingerprint density at radius 1 is 1.14 bits per heavy atom. The Morgan fingerprint density at radius 3 is 2.45 bits per heavy atom. The molecule has 2 atom stereocenters. The first kappa shape index (κ1) is 23.5. The van der Waals surface area contributed by atoms with Crippen LogP contribution in [0.1, 0.15) is 44.1 Å². The number of anilines is 1. The number of nitrogens with one attached hydrogen (secondary N) is 2. The molecule has 2 rings (SSSR count). The number of benzene rings is 1. The second-order valence-electron chi connectivity index (χ2n) is 7.72. The molecule has 1 aliphatic rings. The van der Waals surface area contributed by atoms with E-state index < -0.39 is 22.7 Å². The van der Waals surface area contributed by atoms with Crippen molar-refractivity contribution in [3.05, 3.63) is 28.8 Å². The van der Waals surface area contributed by atoms with Gasteiger partial charge < -0.3 is 15.5 Å². The fraction of sp³-hybridized carbons (Fsp3) is 0.600. The normalized spacial score (nSPS) is 19.8. The van der Waals surface area contributed by atoms with Crippen LogP contribution in [0.4, 0.5) is 18.9 Å². The lowest BCUT2D eigenvalue weighted by atomic mass is 9.84. The molecule has 5 nitrogen and oxygen atoms in total. The Hall–Kier alpha value is -1.80. The van der Waals surface area contributed by atoms with E-state index in [-0.39, 0.29) is 30.5 Å². The number of nitrogens with zero attached hydrogens (tertiary/aromatic N) is 1. The Bertz CT molecular complexity index is 725. The zero-order valence-electron chi connectivity index (χ0n) is 16.6. The molecule has 2 N–H and O–H groups in total. The molecule has 2 unspecified atom stereocenters. The van der Waals surface area contributed by atoms with Gasteiger partial charge in [-0.05, 0) is 51.1 Å². The van der Waals surface area contributed by atoms with Crippen molar-refractivity contribution in [2.24, 2.45) is 5.92 Å². The summed E-state index contributed by atoms with van der Waals surface area (Å²) in [6.07, 6.45) is -0.552. The average Bonchev–Trinajstić information content (AvgIpc) is 2.62. The number of hydrogen-bond acceptors (Lipinski definition) is 3. The number of hydrogen-bond donors (Lipinski definition) is 2. The van der Waals surface area contributed by atoms with Gasteiger partial charge in [-0.25, -0.2) is 0 Å². The Labute approximate surface area is 174 Å². The summed E-state index contributed by atoms with van der Waals surface area (Å²) in [5.41, 5.74) is -1.02. The van der Waals surface area contributed by atoms with Crippen LogP contribution in [0, 0.1) is 5.92 Å². The standard InChI is InChI=1S/C20H27ClF3N3O2/c1-27(2)12-13-5-3-4-6-17(13)26-19(29)10-9-18(28)25-14-7-8-16(21)15(11-14)20(22,23)24/h7-8,11,13,17H,3-6,9-10,12H2,1-2H3,(H,25,28)(H,26,29). The smallest absolute Gasteiger partial charge is 0.353 e. The monoisotopic (exact) mass is 433 g/mol. The number of amides is 2. The van der Waals surface area contributed by atoms with Crippen LogP contribution >= 0.6 is 11.6 Å². The van der Waals surface area contributed by atoms with Crippen molar-refractivity contribution in [2.75, 3.05) is 26.0 Å². The first-order valence-corrected chi connectivity index (χ1v) is 10.0. The fourth-order valence-corrected chi connectivity index (χ4v) is 3.86. The highest BCUT2D eigenvalue weighted by Crippen LogP contribution is 2.36. The van der Waals surface area contributed by atoms with Crippen molar-refractivity contribution in [1.82, 2.24) is 10.2 Å². The van der Waals surface area contributed by atoms with Crippen LogP contribution in [0.2, 0.25) is 5.02 Å². The van der Waals surface area contributed by atoms with Crippen LogP contribution in [0.3, 0.4) is 0 Å². The van der Waals surface area contributed by atoms with Gasteiger partial charge in [0.15, 0.2) is 0 Å². The Kier molecular flexibility index (Phi) is 8.34. The maximum Gasteiger partial charge on any atom is 0.417 e. The fourth-order valence-electron chi connectivity index (χ4n) is 3.63. The molecule has 0 aromatic heterocycles. The lowest BCUT2D eigenvalue weighted by Gasteiger charge is -2.34. The van der Waals surface area contributed by atoms with Crippen molar-refractivity contribution in [3.63, 3.8) is 0 Å². The van der Waals surface area contributed by atoms with E-state index in [1.54, 1.807) is 0 Å². The summed E-state index contributed by atoms with van der Waals surface area (Å²) in [7, 11) is 4.00. The molecule has 29 heavy (non-hydrogen) atoms. The zero-order valence-corrected chi connectivity index (χ0v) is 17.4.